The number of thiocarbonyl (C=S) groups is 1. The first kappa shape index (κ1) is 15.3. The van der Waals surface area contributed by atoms with Crippen molar-refractivity contribution in [1.82, 2.24) is 10.3 Å². The summed E-state index contributed by atoms with van der Waals surface area (Å²) in [6.07, 6.45) is 1.74. The zero-order chi connectivity index (χ0) is 15.2. The van der Waals surface area contributed by atoms with Crippen LogP contribution in [0.1, 0.15) is 24.1 Å². The van der Waals surface area contributed by atoms with Gasteiger partial charge in [0.1, 0.15) is 11.6 Å². The predicted molar refractivity (Wildman–Crippen MR) is 89.7 cm³/mol. The highest BCUT2D eigenvalue weighted by Crippen LogP contribution is 2.17. The molecule has 1 unspecified atom stereocenters. The number of hydrogen-bond donors (Lipinski definition) is 2. The van der Waals surface area contributed by atoms with Crippen LogP contribution >= 0.6 is 12.2 Å². The van der Waals surface area contributed by atoms with Crippen molar-refractivity contribution in [3.8, 4) is 5.75 Å². The van der Waals surface area contributed by atoms with E-state index in [0.717, 1.165) is 22.7 Å². The summed E-state index contributed by atoms with van der Waals surface area (Å²) in [7, 11) is 1.66. The van der Waals surface area contributed by atoms with Crippen LogP contribution in [0.25, 0.3) is 0 Å². The number of benzene rings is 1. The molecular formula is C16H19N3OS. The second kappa shape index (κ2) is 7.04. The van der Waals surface area contributed by atoms with Gasteiger partial charge in [0.15, 0.2) is 5.11 Å². The number of aryl methyl sites for hydroxylation is 1. The van der Waals surface area contributed by atoms with Crippen LogP contribution in [-0.2, 0) is 0 Å². The molecule has 2 N–H and O–H groups in total. The normalized spacial score (nSPS) is 11.6. The van der Waals surface area contributed by atoms with Gasteiger partial charge >= 0.3 is 0 Å². The van der Waals surface area contributed by atoms with Crippen LogP contribution in [0.5, 0.6) is 5.75 Å². The lowest BCUT2D eigenvalue weighted by Crippen LogP contribution is -2.31. The number of nitrogens with zero attached hydrogens (tertiary/aromatic N) is 1. The Hall–Kier alpha value is -2.14. The second-order valence-corrected chi connectivity index (χ2v) is 5.17. The average Bonchev–Trinajstić information content (AvgIpc) is 2.49. The van der Waals surface area contributed by atoms with Crippen molar-refractivity contribution in [1.29, 1.82) is 0 Å². The van der Waals surface area contributed by atoms with Crippen molar-refractivity contribution in [3.63, 3.8) is 0 Å². The molecule has 1 atom stereocenters. The molecule has 1 heterocycles. The third kappa shape index (κ3) is 4.16. The minimum Gasteiger partial charge on any atom is -0.497 e. The predicted octanol–water partition coefficient (Wildman–Crippen LogP) is 3.45. The molecule has 0 spiro atoms. The summed E-state index contributed by atoms with van der Waals surface area (Å²) in [5.74, 6) is 1.62. The number of pyridine rings is 1. The quantitative estimate of drug-likeness (QED) is 0.847. The molecule has 21 heavy (non-hydrogen) atoms. The molecule has 0 bridgehead atoms. The van der Waals surface area contributed by atoms with E-state index in [1.807, 2.05) is 43.3 Å². The van der Waals surface area contributed by atoms with Crippen LogP contribution in [0.15, 0.2) is 42.6 Å². The summed E-state index contributed by atoms with van der Waals surface area (Å²) in [4.78, 5) is 4.27. The Bertz CT molecular complexity index is 613. The van der Waals surface area contributed by atoms with Gasteiger partial charge in [-0.3, -0.25) is 0 Å². The molecule has 1 aromatic heterocycles. The van der Waals surface area contributed by atoms with E-state index in [1.54, 1.807) is 13.3 Å². The van der Waals surface area contributed by atoms with Gasteiger partial charge in [-0.15, -0.1) is 0 Å². The van der Waals surface area contributed by atoms with E-state index in [0.29, 0.717) is 5.11 Å². The number of methoxy groups -OCH3 is 1. The number of ether oxygens (including phenoxy) is 1. The number of anilines is 1. The zero-order valence-corrected chi connectivity index (χ0v) is 13.2. The SMILES string of the molecule is COc1ccc(C(C)NC(=S)Nc2ncccc2C)cc1. The first-order chi connectivity index (χ1) is 10.1. The van der Waals surface area contributed by atoms with Crippen molar-refractivity contribution in [2.45, 2.75) is 19.9 Å². The van der Waals surface area contributed by atoms with Gasteiger partial charge in [-0.1, -0.05) is 18.2 Å². The third-order valence-corrected chi connectivity index (χ3v) is 3.42. The Morgan fingerprint density at radius 3 is 2.57 bits per heavy atom. The Morgan fingerprint density at radius 2 is 1.95 bits per heavy atom. The molecule has 0 saturated heterocycles. The fourth-order valence-electron chi connectivity index (χ4n) is 1.93. The summed E-state index contributed by atoms with van der Waals surface area (Å²) < 4.78 is 5.16. The van der Waals surface area contributed by atoms with Crippen LogP contribution in [0.4, 0.5) is 5.82 Å². The van der Waals surface area contributed by atoms with E-state index in [2.05, 4.69) is 22.5 Å². The van der Waals surface area contributed by atoms with E-state index in [1.165, 1.54) is 0 Å². The summed E-state index contributed by atoms with van der Waals surface area (Å²) >= 11 is 5.33. The van der Waals surface area contributed by atoms with Crippen LogP contribution in [0, 0.1) is 6.92 Å². The molecule has 2 aromatic rings. The molecule has 0 aliphatic carbocycles. The summed E-state index contributed by atoms with van der Waals surface area (Å²) in [6.45, 7) is 4.05. The van der Waals surface area contributed by atoms with Gasteiger partial charge in [-0.2, -0.15) is 0 Å². The largest absolute Gasteiger partial charge is 0.497 e. The Balaban J connectivity index is 1.97. The van der Waals surface area contributed by atoms with Gasteiger partial charge in [-0.05, 0) is 55.4 Å². The molecule has 0 aliphatic heterocycles. The van der Waals surface area contributed by atoms with Gasteiger partial charge in [0.05, 0.1) is 13.2 Å². The summed E-state index contributed by atoms with van der Waals surface area (Å²) in [5, 5.41) is 6.92. The topological polar surface area (TPSA) is 46.2 Å². The first-order valence-corrected chi connectivity index (χ1v) is 7.14. The highest BCUT2D eigenvalue weighted by Gasteiger charge is 2.08. The van der Waals surface area contributed by atoms with Gasteiger partial charge < -0.3 is 15.4 Å². The molecule has 0 radical (unpaired) electrons. The maximum atomic E-state index is 5.33. The molecule has 0 saturated carbocycles. The fourth-order valence-corrected chi connectivity index (χ4v) is 2.21. The Morgan fingerprint density at radius 1 is 1.24 bits per heavy atom. The Labute approximate surface area is 130 Å². The maximum Gasteiger partial charge on any atom is 0.172 e. The zero-order valence-electron chi connectivity index (χ0n) is 12.4. The molecule has 0 aliphatic rings. The maximum absolute atomic E-state index is 5.33. The lowest BCUT2D eigenvalue weighted by atomic mass is 10.1. The minimum absolute atomic E-state index is 0.0972. The van der Waals surface area contributed by atoms with Crippen molar-refractivity contribution in [2.24, 2.45) is 0 Å². The number of aromatic nitrogens is 1. The minimum atomic E-state index is 0.0972. The molecular weight excluding hydrogens is 282 g/mol. The molecule has 0 fully saturated rings. The smallest absolute Gasteiger partial charge is 0.172 e. The van der Waals surface area contributed by atoms with Gasteiger partial charge in [-0.25, -0.2) is 4.98 Å². The molecule has 2 rings (SSSR count). The van der Waals surface area contributed by atoms with E-state index in [9.17, 15) is 0 Å². The molecule has 4 nitrogen and oxygen atoms in total. The van der Waals surface area contributed by atoms with Crippen molar-refractivity contribution in [3.05, 3.63) is 53.7 Å². The van der Waals surface area contributed by atoms with Gasteiger partial charge in [0.2, 0.25) is 0 Å². The fraction of sp³-hybridized carbons (Fsp3) is 0.250. The van der Waals surface area contributed by atoms with Crippen molar-refractivity contribution in [2.75, 3.05) is 12.4 Å². The lowest BCUT2D eigenvalue weighted by Gasteiger charge is -2.18. The average molecular weight is 301 g/mol. The van der Waals surface area contributed by atoms with E-state index >= 15 is 0 Å². The van der Waals surface area contributed by atoms with E-state index < -0.39 is 0 Å². The molecule has 1 aromatic carbocycles. The van der Waals surface area contributed by atoms with Crippen LogP contribution in [0.3, 0.4) is 0 Å². The molecule has 110 valence electrons. The standard InChI is InChI=1S/C16H19N3OS/c1-11-5-4-10-17-15(11)19-16(21)18-12(2)13-6-8-14(20-3)9-7-13/h4-10,12H,1-3H3,(H2,17,18,19,21). The third-order valence-electron chi connectivity index (χ3n) is 3.20. The van der Waals surface area contributed by atoms with Gasteiger partial charge in [0.25, 0.3) is 0 Å². The van der Waals surface area contributed by atoms with E-state index in [4.69, 9.17) is 17.0 Å². The highest BCUT2D eigenvalue weighted by molar-refractivity contribution is 7.80. The molecule has 0 amide bonds. The molecule has 5 heteroatoms. The van der Waals surface area contributed by atoms with Crippen molar-refractivity contribution >= 4 is 23.1 Å². The summed E-state index contributed by atoms with van der Waals surface area (Å²) in [5.41, 5.74) is 2.19. The lowest BCUT2D eigenvalue weighted by molar-refractivity contribution is 0.414. The summed E-state index contributed by atoms with van der Waals surface area (Å²) in [6, 6.07) is 11.9. The first-order valence-electron chi connectivity index (χ1n) is 6.73. The van der Waals surface area contributed by atoms with E-state index in [-0.39, 0.29) is 6.04 Å². The van der Waals surface area contributed by atoms with Gasteiger partial charge in [0, 0.05) is 6.20 Å². The van der Waals surface area contributed by atoms with Crippen LogP contribution < -0.4 is 15.4 Å². The van der Waals surface area contributed by atoms with Crippen LogP contribution in [-0.4, -0.2) is 17.2 Å². The number of rotatable bonds is 4. The van der Waals surface area contributed by atoms with Crippen LogP contribution in [0.2, 0.25) is 0 Å². The Kier molecular flexibility index (Phi) is 5.11. The van der Waals surface area contributed by atoms with Crippen molar-refractivity contribution < 1.29 is 4.74 Å². The number of hydrogen-bond acceptors (Lipinski definition) is 3. The monoisotopic (exact) mass is 301 g/mol. The highest BCUT2D eigenvalue weighted by atomic mass is 32.1. The number of nitrogens with one attached hydrogen (secondary N) is 2. The second-order valence-electron chi connectivity index (χ2n) is 4.76.